The molecule has 3 rings (SSSR count). The Morgan fingerprint density at radius 3 is 2.83 bits per heavy atom. The van der Waals surface area contributed by atoms with Gasteiger partial charge >= 0.3 is 0 Å². The first-order chi connectivity index (χ1) is 8.93. The van der Waals surface area contributed by atoms with E-state index >= 15 is 0 Å². The van der Waals surface area contributed by atoms with Gasteiger partial charge in [-0.3, -0.25) is 4.98 Å². The molecule has 1 aliphatic rings. The molecule has 0 spiro atoms. The summed E-state index contributed by atoms with van der Waals surface area (Å²) in [6, 6.07) is 13.5. The molecular weight excluding hydrogens is 224 g/mol. The molecule has 1 aromatic carbocycles. The highest BCUT2D eigenvalue weighted by Gasteiger charge is 2.11. The van der Waals surface area contributed by atoms with Crippen molar-refractivity contribution in [1.29, 1.82) is 0 Å². The summed E-state index contributed by atoms with van der Waals surface area (Å²) >= 11 is 0. The molecule has 1 radical (unpaired) electrons. The highest BCUT2D eigenvalue weighted by molar-refractivity contribution is 5.67. The first-order valence-electron chi connectivity index (χ1n) is 6.18. The van der Waals surface area contributed by atoms with E-state index in [1.54, 1.807) is 6.20 Å². The average Bonchev–Trinajstić information content (AvgIpc) is 2.49. The summed E-state index contributed by atoms with van der Waals surface area (Å²) < 4.78 is 5.37. The molecule has 2 heterocycles. The highest BCUT2D eigenvalue weighted by Crippen LogP contribution is 2.24. The van der Waals surface area contributed by atoms with Crippen LogP contribution < -0.4 is 4.90 Å². The second kappa shape index (κ2) is 5.19. The van der Waals surface area contributed by atoms with E-state index in [1.165, 1.54) is 5.69 Å². The molecule has 0 aliphatic carbocycles. The van der Waals surface area contributed by atoms with Crippen molar-refractivity contribution in [2.75, 3.05) is 31.2 Å². The Kier molecular flexibility index (Phi) is 3.24. The Labute approximate surface area is 107 Å². The molecule has 91 valence electrons. The summed E-state index contributed by atoms with van der Waals surface area (Å²) in [5.74, 6) is 0. The van der Waals surface area contributed by atoms with Crippen molar-refractivity contribution in [3.8, 4) is 11.1 Å². The Bertz CT molecular complexity index is 507. The van der Waals surface area contributed by atoms with Crippen LogP contribution in [0.4, 0.5) is 5.69 Å². The molecule has 1 fully saturated rings. The summed E-state index contributed by atoms with van der Waals surface area (Å²) in [5.41, 5.74) is 3.50. The van der Waals surface area contributed by atoms with Gasteiger partial charge in [0.2, 0.25) is 0 Å². The summed E-state index contributed by atoms with van der Waals surface area (Å²) in [6.07, 6.45) is 3.67. The number of aromatic nitrogens is 1. The minimum atomic E-state index is 0.803. The third-order valence-corrected chi connectivity index (χ3v) is 3.14. The van der Waals surface area contributed by atoms with E-state index in [0.29, 0.717) is 0 Å². The maximum atomic E-state index is 5.37. The summed E-state index contributed by atoms with van der Waals surface area (Å²) in [6.45, 7) is 3.50. The third-order valence-electron chi connectivity index (χ3n) is 3.14. The predicted molar refractivity (Wildman–Crippen MR) is 71.5 cm³/mol. The van der Waals surface area contributed by atoms with Crippen LogP contribution in [0.1, 0.15) is 0 Å². The van der Waals surface area contributed by atoms with Gasteiger partial charge in [0.25, 0.3) is 0 Å². The Morgan fingerprint density at radius 1 is 1.17 bits per heavy atom. The van der Waals surface area contributed by atoms with Crippen LogP contribution in [0.15, 0.2) is 42.7 Å². The van der Waals surface area contributed by atoms with Crippen molar-refractivity contribution < 1.29 is 4.74 Å². The minimum absolute atomic E-state index is 0.803. The van der Waals surface area contributed by atoms with Gasteiger partial charge in [0, 0.05) is 36.7 Å². The third kappa shape index (κ3) is 2.36. The Balaban J connectivity index is 1.89. The zero-order valence-electron chi connectivity index (χ0n) is 10.2. The summed E-state index contributed by atoms with van der Waals surface area (Å²) in [4.78, 5) is 6.49. The van der Waals surface area contributed by atoms with Crippen LogP contribution >= 0.6 is 0 Å². The fraction of sp³-hybridized carbons (Fsp3) is 0.267. The van der Waals surface area contributed by atoms with Crippen LogP contribution in [0.25, 0.3) is 11.1 Å². The van der Waals surface area contributed by atoms with E-state index in [2.05, 4.69) is 28.1 Å². The Morgan fingerprint density at radius 2 is 2.06 bits per heavy atom. The molecule has 0 atom stereocenters. The molecule has 1 aliphatic heterocycles. The molecule has 1 saturated heterocycles. The number of rotatable bonds is 2. The summed E-state index contributed by atoms with van der Waals surface area (Å²) in [5, 5.41) is 0. The monoisotopic (exact) mass is 239 g/mol. The van der Waals surface area contributed by atoms with Crippen molar-refractivity contribution in [2.24, 2.45) is 0 Å². The fourth-order valence-corrected chi connectivity index (χ4v) is 2.16. The van der Waals surface area contributed by atoms with Gasteiger partial charge in [0.05, 0.1) is 13.2 Å². The normalized spacial score (nSPS) is 15.7. The van der Waals surface area contributed by atoms with Crippen molar-refractivity contribution in [1.82, 2.24) is 4.98 Å². The van der Waals surface area contributed by atoms with Gasteiger partial charge in [-0.05, 0) is 35.9 Å². The van der Waals surface area contributed by atoms with Crippen LogP contribution in [0.3, 0.4) is 0 Å². The molecule has 3 nitrogen and oxygen atoms in total. The lowest BCUT2D eigenvalue weighted by Gasteiger charge is -2.29. The molecule has 0 bridgehead atoms. The molecule has 0 amide bonds. The van der Waals surface area contributed by atoms with Crippen molar-refractivity contribution >= 4 is 5.69 Å². The first kappa shape index (κ1) is 11.2. The topological polar surface area (TPSA) is 25.4 Å². The number of hydrogen-bond acceptors (Lipinski definition) is 3. The van der Waals surface area contributed by atoms with Gasteiger partial charge in [-0.25, -0.2) is 0 Å². The van der Waals surface area contributed by atoms with E-state index in [4.69, 9.17) is 4.74 Å². The molecule has 18 heavy (non-hydrogen) atoms. The van der Waals surface area contributed by atoms with E-state index in [1.807, 2.05) is 24.4 Å². The van der Waals surface area contributed by atoms with E-state index in [-0.39, 0.29) is 0 Å². The summed E-state index contributed by atoms with van der Waals surface area (Å²) in [7, 11) is 0. The number of nitrogens with zero attached hydrogens (tertiary/aromatic N) is 2. The van der Waals surface area contributed by atoms with Gasteiger partial charge in [-0.15, -0.1) is 0 Å². The Hall–Kier alpha value is -1.87. The molecule has 1 aromatic heterocycles. The van der Waals surface area contributed by atoms with Crippen LogP contribution in [0, 0.1) is 6.07 Å². The standard InChI is InChI=1S/C15H15N2O/c1-3-13(14-4-2-6-16-12-14)11-15(5-1)17-7-9-18-10-8-17/h2-6,11-12H,7-10H2. The second-order valence-electron chi connectivity index (χ2n) is 4.32. The zero-order valence-corrected chi connectivity index (χ0v) is 10.2. The van der Waals surface area contributed by atoms with E-state index in [0.717, 1.165) is 37.4 Å². The average molecular weight is 239 g/mol. The molecule has 3 heteroatoms. The van der Waals surface area contributed by atoms with Gasteiger partial charge in [-0.1, -0.05) is 6.07 Å². The number of anilines is 1. The quantitative estimate of drug-likeness (QED) is 0.804. The maximum Gasteiger partial charge on any atom is 0.0642 e. The number of ether oxygens (including phenoxy) is 1. The lowest BCUT2D eigenvalue weighted by molar-refractivity contribution is 0.122. The van der Waals surface area contributed by atoms with Gasteiger partial charge in [-0.2, -0.15) is 0 Å². The van der Waals surface area contributed by atoms with Gasteiger partial charge in [0.15, 0.2) is 0 Å². The number of benzene rings is 1. The number of hydrogen-bond donors (Lipinski definition) is 0. The maximum absolute atomic E-state index is 5.37. The first-order valence-corrected chi connectivity index (χ1v) is 6.18. The largest absolute Gasteiger partial charge is 0.378 e. The van der Waals surface area contributed by atoms with Crippen molar-refractivity contribution in [2.45, 2.75) is 0 Å². The van der Waals surface area contributed by atoms with Crippen LogP contribution in [-0.4, -0.2) is 31.3 Å². The SMILES string of the molecule is [c]1cc(-c2cccnc2)cc(N2CCOCC2)c1. The predicted octanol–water partition coefficient (Wildman–Crippen LogP) is 2.39. The molecule has 0 N–H and O–H groups in total. The lowest BCUT2D eigenvalue weighted by atomic mass is 10.1. The molecule has 0 saturated carbocycles. The van der Waals surface area contributed by atoms with Crippen LogP contribution in [0.2, 0.25) is 0 Å². The number of pyridine rings is 1. The highest BCUT2D eigenvalue weighted by atomic mass is 16.5. The van der Waals surface area contributed by atoms with Gasteiger partial charge < -0.3 is 9.64 Å². The van der Waals surface area contributed by atoms with E-state index in [9.17, 15) is 0 Å². The number of morpholine rings is 1. The smallest absolute Gasteiger partial charge is 0.0642 e. The van der Waals surface area contributed by atoms with Crippen LogP contribution in [-0.2, 0) is 4.74 Å². The van der Waals surface area contributed by atoms with Gasteiger partial charge in [0.1, 0.15) is 0 Å². The second-order valence-corrected chi connectivity index (χ2v) is 4.32. The van der Waals surface area contributed by atoms with Crippen molar-refractivity contribution in [3.05, 3.63) is 48.8 Å². The molecule has 2 aromatic rings. The minimum Gasteiger partial charge on any atom is -0.378 e. The zero-order chi connectivity index (χ0) is 12.2. The molecule has 0 unspecified atom stereocenters. The van der Waals surface area contributed by atoms with Crippen molar-refractivity contribution in [3.63, 3.8) is 0 Å². The lowest BCUT2D eigenvalue weighted by Crippen LogP contribution is -2.36. The fourth-order valence-electron chi connectivity index (χ4n) is 2.16. The van der Waals surface area contributed by atoms with E-state index < -0.39 is 0 Å². The molecular formula is C15H15N2O. The van der Waals surface area contributed by atoms with Crippen LogP contribution in [0.5, 0.6) is 0 Å².